The number of benzene rings is 4. The number of hydrogen-bond donors (Lipinski definition) is 1. The number of amides is 2. The Morgan fingerprint density at radius 2 is 1.52 bits per heavy atom. The van der Waals surface area contributed by atoms with Gasteiger partial charge >= 0.3 is 0 Å². The van der Waals surface area contributed by atoms with Crippen LogP contribution in [-0.4, -0.2) is 48.7 Å². The summed E-state index contributed by atoms with van der Waals surface area (Å²) in [4.78, 5) is 41.1. The fourth-order valence-corrected chi connectivity index (χ4v) is 7.54. The molecule has 1 atom stereocenters. The molecule has 1 unspecified atom stereocenters. The molecule has 2 amide bonds. The van der Waals surface area contributed by atoms with Gasteiger partial charge in [0.1, 0.15) is 12.6 Å². The van der Waals surface area contributed by atoms with Crippen molar-refractivity contribution >= 4 is 44.8 Å². The minimum Gasteiger partial charge on any atom is -0.352 e. The van der Waals surface area contributed by atoms with Crippen molar-refractivity contribution in [1.29, 1.82) is 0 Å². The van der Waals surface area contributed by atoms with Crippen molar-refractivity contribution < 1.29 is 22.9 Å². The third-order valence-electron chi connectivity index (χ3n) is 8.46. The summed E-state index contributed by atoms with van der Waals surface area (Å²) in [5.74, 6) is -1.03. The maximum atomic E-state index is 14.6. The lowest BCUT2D eigenvalue weighted by Crippen LogP contribution is -2.55. The van der Waals surface area contributed by atoms with Crippen molar-refractivity contribution in [2.75, 3.05) is 10.8 Å². The summed E-state index contributed by atoms with van der Waals surface area (Å²) in [6, 6.07) is 27.9. The van der Waals surface area contributed by atoms with Crippen molar-refractivity contribution in [2.24, 2.45) is 0 Å². The highest BCUT2D eigenvalue weighted by atomic mass is 35.5. The van der Waals surface area contributed by atoms with Gasteiger partial charge in [-0.15, -0.1) is 0 Å². The van der Waals surface area contributed by atoms with Crippen LogP contribution in [0.5, 0.6) is 0 Å². The largest absolute Gasteiger partial charge is 0.352 e. The Kier molecular flexibility index (Phi) is 11.5. The van der Waals surface area contributed by atoms with E-state index in [1.165, 1.54) is 35.2 Å². The monoisotopic (exact) mass is 688 g/mol. The molecule has 1 fully saturated rings. The van der Waals surface area contributed by atoms with E-state index in [2.05, 4.69) is 5.32 Å². The number of halogens is 1. The van der Waals surface area contributed by atoms with Gasteiger partial charge < -0.3 is 10.2 Å². The molecule has 0 spiro atoms. The summed E-state index contributed by atoms with van der Waals surface area (Å²) in [7, 11) is -4.40. The van der Waals surface area contributed by atoms with Gasteiger partial charge in [0.2, 0.25) is 11.8 Å². The summed E-state index contributed by atoms with van der Waals surface area (Å²) in [5.41, 5.74) is 0.981. The van der Waals surface area contributed by atoms with E-state index >= 15 is 0 Å². The fourth-order valence-electron chi connectivity index (χ4n) is 5.92. The van der Waals surface area contributed by atoms with Gasteiger partial charge in [-0.05, 0) is 48.2 Å². The van der Waals surface area contributed by atoms with Gasteiger partial charge in [0.25, 0.3) is 15.7 Å². The molecule has 0 bridgehead atoms. The Labute approximate surface area is 285 Å². The number of rotatable bonds is 13. The van der Waals surface area contributed by atoms with Crippen molar-refractivity contribution in [3.8, 4) is 0 Å². The van der Waals surface area contributed by atoms with Gasteiger partial charge in [-0.25, -0.2) is 8.42 Å². The second kappa shape index (κ2) is 15.9. The Morgan fingerprint density at radius 3 is 2.19 bits per heavy atom. The summed E-state index contributed by atoms with van der Waals surface area (Å²) in [5, 5.41) is 15.2. The minimum absolute atomic E-state index is 0.0402. The number of nitrogens with one attached hydrogen (secondary N) is 1. The van der Waals surface area contributed by atoms with E-state index < -0.39 is 33.4 Å². The van der Waals surface area contributed by atoms with Crippen LogP contribution in [-0.2, 0) is 32.6 Å². The molecule has 1 N–H and O–H groups in total. The highest BCUT2D eigenvalue weighted by Crippen LogP contribution is 2.29. The number of nitrogens with zero attached hydrogens (tertiary/aromatic N) is 3. The molecule has 4 aromatic rings. The molecule has 4 aromatic carbocycles. The van der Waals surface area contributed by atoms with Crippen molar-refractivity contribution in [1.82, 2.24) is 10.2 Å². The lowest BCUT2D eigenvalue weighted by Gasteiger charge is -2.35. The Morgan fingerprint density at radius 1 is 0.875 bits per heavy atom. The first-order valence-corrected chi connectivity index (χ1v) is 17.6. The number of nitro benzene ring substituents is 1. The molecule has 12 heteroatoms. The molecule has 0 heterocycles. The zero-order valence-corrected chi connectivity index (χ0v) is 27.9. The highest BCUT2D eigenvalue weighted by Gasteiger charge is 2.36. The second-order valence-corrected chi connectivity index (χ2v) is 14.0. The van der Waals surface area contributed by atoms with Crippen LogP contribution in [0.1, 0.15) is 43.2 Å². The van der Waals surface area contributed by atoms with Gasteiger partial charge in [-0.2, -0.15) is 0 Å². The average molecular weight is 689 g/mol. The molecule has 0 saturated heterocycles. The van der Waals surface area contributed by atoms with E-state index in [1.54, 1.807) is 42.5 Å². The Balaban J connectivity index is 1.59. The maximum Gasteiger partial charge on any atom is 0.271 e. The number of carbonyl (C=O) groups excluding carboxylic acids is 2. The smallest absolute Gasteiger partial charge is 0.271 e. The van der Waals surface area contributed by atoms with E-state index in [9.17, 15) is 28.1 Å². The van der Waals surface area contributed by atoms with Crippen LogP contribution in [0.25, 0.3) is 0 Å². The van der Waals surface area contributed by atoms with Crippen LogP contribution in [0.2, 0.25) is 5.02 Å². The Hall–Kier alpha value is -4.74. The van der Waals surface area contributed by atoms with Gasteiger partial charge in [0, 0.05) is 36.2 Å². The van der Waals surface area contributed by atoms with Crippen LogP contribution in [0.4, 0.5) is 11.4 Å². The average Bonchev–Trinajstić information content (AvgIpc) is 3.10. The van der Waals surface area contributed by atoms with Crippen LogP contribution in [0, 0.1) is 10.1 Å². The van der Waals surface area contributed by atoms with Gasteiger partial charge in [0.15, 0.2) is 0 Å². The van der Waals surface area contributed by atoms with E-state index in [1.807, 2.05) is 30.3 Å². The lowest BCUT2D eigenvalue weighted by molar-refractivity contribution is -0.384. The first-order chi connectivity index (χ1) is 23.1. The quantitative estimate of drug-likeness (QED) is 0.126. The van der Waals surface area contributed by atoms with E-state index in [-0.39, 0.29) is 41.2 Å². The molecule has 1 saturated carbocycles. The predicted molar refractivity (Wildman–Crippen MR) is 185 cm³/mol. The molecule has 1 aliphatic carbocycles. The molecule has 0 radical (unpaired) electrons. The van der Waals surface area contributed by atoms with Crippen LogP contribution in [0.15, 0.2) is 114 Å². The van der Waals surface area contributed by atoms with Crippen LogP contribution >= 0.6 is 11.6 Å². The second-order valence-electron chi connectivity index (χ2n) is 11.8. The summed E-state index contributed by atoms with van der Waals surface area (Å²) in [6.07, 6.45) is 4.91. The molecular weight excluding hydrogens is 652 g/mol. The SMILES string of the molecule is O=C(NC1CCCCC1)C(Cc1ccccc1)N(Cc1ccccc1Cl)C(=O)CN(c1cccc([N+](=O)[O-])c1)S(=O)(=O)c1ccccc1. The molecular formula is C36H37ClN4O6S. The lowest BCUT2D eigenvalue weighted by atomic mass is 9.94. The number of nitro groups is 1. The first kappa shape index (κ1) is 34.6. The zero-order valence-electron chi connectivity index (χ0n) is 26.3. The summed E-state index contributed by atoms with van der Waals surface area (Å²) >= 11 is 6.57. The zero-order chi connectivity index (χ0) is 34.1. The van der Waals surface area contributed by atoms with Crippen molar-refractivity contribution in [3.05, 3.63) is 135 Å². The molecule has 48 heavy (non-hydrogen) atoms. The third kappa shape index (κ3) is 8.59. The number of hydrogen-bond acceptors (Lipinski definition) is 6. The molecule has 0 aliphatic heterocycles. The van der Waals surface area contributed by atoms with E-state index in [4.69, 9.17) is 11.6 Å². The molecule has 5 rings (SSSR count). The van der Waals surface area contributed by atoms with E-state index in [0.717, 1.165) is 48.0 Å². The molecule has 250 valence electrons. The fraction of sp³-hybridized carbons (Fsp3) is 0.278. The third-order valence-corrected chi connectivity index (χ3v) is 10.6. The molecule has 1 aliphatic rings. The number of sulfonamides is 1. The van der Waals surface area contributed by atoms with Gasteiger partial charge in [-0.1, -0.05) is 104 Å². The number of carbonyl (C=O) groups is 2. The van der Waals surface area contributed by atoms with Gasteiger partial charge in [-0.3, -0.25) is 24.0 Å². The van der Waals surface area contributed by atoms with Crippen molar-refractivity contribution in [3.63, 3.8) is 0 Å². The first-order valence-electron chi connectivity index (χ1n) is 15.8. The minimum atomic E-state index is -4.40. The van der Waals surface area contributed by atoms with Crippen LogP contribution in [0.3, 0.4) is 0 Å². The topological polar surface area (TPSA) is 130 Å². The summed E-state index contributed by atoms with van der Waals surface area (Å²) in [6.45, 7) is -0.812. The van der Waals surface area contributed by atoms with Crippen molar-refractivity contribution in [2.45, 2.75) is 62.0 Å². The maximum absolute atomic E-state index is 14.6. The number of non-ortho nitro benzene ring substituents is 1. The Bertz CT molecular complexity index is 1840. The van der Waals surface area contributed by atoms with Crippen LogP contribution < -0.4 is 9.62 Å². The highest BCUT2D eigenvalue weighted by molar-refractivity contribution is 7.92. The summed E-state index contributed by atoms with van der Waals surface area (Å²) < 4.78 is 29.1. The number of anilines is 1. The standard InChI is InChI=1S/C36H37ClN4O6S/c37-33-22-11-10-15-28(33)25-39(34(23-27-13-4-1-5-14-27)36(43)38-29-16-6-2-7-17-29)35(42)26-40(30-18-12-19-31(24-30)41(44)45)48(46,47)32-20-8-3-9-21-32/h1,3-5,8-15,18-22,24,29,34H,2,6-7,16-17,23,25-26H2,(H,38,43). The molecule has 10 nitrogen and oxygen atoms in total. The normalized spacial score (nSPS) is 14.1. The molecule has 0 aromatic heterocycles. The van der Waals surface area contributed by atoms with E-state index in [0.29, 0.717) is 10.6 Å². The predicted octanol–water partition coefficient (Wildman–Crippen LogP) is 6.53. The van der Waals surface area contributed by atoms with Gasteiger partial charge in [0.05, 0.1) is 15.5 Å².